The topological polar surface area (TPSA) is 48.1 Å². The molecule has 3 nitrogen and oxygen atoms in total. The van der Waals surface area contributed by atoms with Crippen LogP contribution >= 0.6 is 0 Å². The Morgan fingerprint density at radius 1 is 1.21 bits per heavy atom. The maximum absolute atomic E-state index is 6.39. The van der Waals surface area contributed by atoms with Crippen molar-refractivity contribution in [3.05, 3.63) is 58.9 Å². The largest absolute Gasteiger partial charge is 0.492 e. The summed E-state index contributed by atoms with van der Waals surface area (Å²) in [4.78, 5) is 4.20. The number of hydrogen-bond donors (Lipinski definition) is 1. The van der Waals surface area contributed by atoms with Crippen molar-refractivity contribution in [3.8, 4) is 5.75 Å². The second kappa shape index (κ2) is 5.85. The predicted molar refractivity (Wildman–Crippen MR) is 77.4 cm³/mol. The number of nitrogens with two attached hydrogens (primary N) is 1. The lowest BCUT2D eigenvalue weighted by atomic mass is 9.93. The zero-order chi connectivity index (χ0) is 13.8. The van der Waals surface area contributed by atoms with Gasteiger partial charge in [-0.3, -0.25) is 4.98 Å². The number of aryl methyl sites for hydroxylation is 2. The number of aromatic nitrogens is 1. The van der Waals surface area contributed by atoms with Crippen molar-refractivity contribution >= 4 is 0 Å². The molecule has 1 heterocycles. The fourth-order valence-electron chi connectivity index (χ4n) is 2.34. The summed E-state index contributed by atoms with van der Waals surface area (Å²) in [6.45, 7) is 6.76. The van der Waals surface area contributed by atoms with Gasteiger partial charge in [-0.25, -0.2) is 0 Å². The van der Waals surface area contributed by atoms with Gasteiger partial charge in [-0.15, -0.1) is 0 Å². The number of ether oxygens (including phenoxy) is 1. The third-order valence-corrected chi connectivity index (χ3v) is 3.26. The van der Waals surface area contributed by atoms with Crippen LogP contribution in [0.5, 0.6) is 5.75 Å². The quantitative estimate of drug-likeness (QED) is 0.914. The maximum Gasteiger partial charge on any atom is 0.137 e. The summed E-state index contributed by atoms with van der Waals surface area (Å²) in [5.74, 6) is 0.765. The molecule has 0 spiro atoms. The third-order valence-electron chi connectivity index (χ3n) is 3.26. The smallest absolute Gasteiger partial charge is 0.137 e. The molecule has 100 valence electrons. The summed E-state index contributed by atoms with van der Waals surface area (Å²) in [6, 6.07) is 8.02. The molecule has 0 aliphatic heterocycles. The molecule has 0 bridgehead atoms. The molecule has 0 saturated carbocycles. The Kier molecular flexibility index (Phi) is 4.17. The van der Waals surface area contributed by atoms with E-state index in [-0.39, 0.29) is 6.04 Å². The molecule has 0 aliphatic carbocycles. The van der Waals surface area contributed by atoms with Crippen molar-refractivity contribution in [2.75, 3.05) is 6.61 Å². The number of benzene rings is 1. The van der Waals surface area contributed by atoms with Crippen molar-refractivity contribution in [1.29, 1.82) is 0 Å². The first-order valence-electron chi connectivity index (χ1n) is 6.53. The van der Waals surface area contributed by atoms with Gasteiger partial charge in [-0.2, -0.15) is 0 Å². The lowest BCUT2D eigenvalue weighted by molar-refractivity contribution is 0.338. The highest BCUT2D eigenvalue weighted by Gasteiger charge is 2.14. The fraction of sp³-hybridized carbons (Fsp3) is 0.312. The van der Waals surface area contributed by atoms with Gasteiger partial charge in [0, 0.05) is 6.20 Å². The van der Waals surface area contributed by atoms with Crippen molar-refractivity contribution in [1.82, 2.24) is 4.98 Å². The molecular weight excluding hydrogens is 236 g/mol. The lowest BCUT2D eigenvalue weighted by Crippen LogP contribution is -2.15. The van der Waals surface area contributed by atoms with Crippen LogP contribution in [0.15, 0.2) is 36.7 Å². The van der Waals surface area contributed by atoms with E-state index < -0.39 is 0 Å². The van der Waals surface area contributed by atoms with Gasteiger partial charge in [-0.05, 0) is 49.1 Å². The first kappa shape index (κ1) is 13.6. The van der Waals surface area contributed by atoms with Crippen molar-refractivity contribution in [2.45, 2.75) is 26.8 Å². The van der Waals surface area contributed by atoms with E-state index in [0.29, 0.717) is 6.61 Å². The van der Waals surface area contributed by atoms with Gasteiger partial charge in [0.25, 0.3) is 0 Å². The number of pyridine rings is 1. The van der Waals surface area contributed by atoms with Crippen LogP contribution in [0.2, 0.25) is 0 Å². The maximum atomic E-state index is 6.39. The zero-order valence-corrected chi connectivity index (χ0v) is 11.7. The van der Waals surface area contributed by atoms with E-state index in [4.69, 9.17) is 10.5 Å². The Bertz CT molecular complexity index is 546. The van der Waals surface area contributed by atoms with Gasteiger partial charge in [0.2, 0.25) is 0 Å². The van der Waals surface area contributed by atoms with Crippen LogP contribution in [0, 0.1) is 13.8 Å². The standard InChI is InChI=1S/C16H20N2O/c1-4-19-14-8-13(9-18-10-14)16(17)15-11(2)6-5-7-12(15)3/h5-10,16H,4,17H2,1-3H3. The van der Waals surface area contributed by atoms with Crippen LogP contribution in [0.3, 0.4) is 0 Å². The Hall–Kier alpha value is -1.87. The molecule has 19 heavy (non-hydrogen) atoms. The van der Waals surface area contributed by atoms with Crippen LogP contribution in [-0.4, -0.2) is 11.6 Å². The molecule has 1 aromatic heterocycles. The molecule has 1 unspecified atom stereocenters. The number of nitrogens with zero attached hydrogens (tertiary/aromatic N) is 1. The Balaban J connectivity index is 2.38. The molecule has 2 N–H and O–H groups in total. The van der Waals surface area contributed by atoms with Gasteiger partial charge >= 0.3 is 0 Å². The summed E-state index contributed by atoms with van der Waals surface area (Å²) in [5, 5.41) is 0. The van der Waals surface area contributed by atoms with E-state index in [1.165, 1.54) is 11.1 Å². The molecule has 1 aromatic carbocycles. The first-order chi connectivity index (χ1) is 9.13. The minimum absolute atomic E-state index is 0.172. The molecule has 0 amide bonds. The fourth-order valence-corrected chi connectivity index (χ4v) is 2.34. The van der Waals surface area contributed by atoms with Crippen molar-refractivity contribution < 1.29 is 4.74 Å². The van der Waals surface area contributed by atoms with E-state index in [1.807, 2.05) is 13.0 Å². The minimum atomic E-state index is -0.172. The molecular formula is C16H20N2O. The molecule has 0 aliphatic rings. The Morgan fingerprint density at radius 2 is 1.89 bits per heavy atom. The molecule has 0 radical (unpaired) electrons. The summed E-state index contributed by atoms with van der Waals surface area (Å²) >= 11 is 0. The Morgan fingerprint density at radius 3 is 2.53 bits per heavy atom. The van der Waals surface area contributed by atoms with Crippen LogP contribution < -0.4 is 10.5 Å². The summed E-state index contributed by atoms with van der Waals surface area (Å²) < 4.78 is 5.47. The van der Waals surface area contributed by atoms with Gasteiger partial charge < -0.3 is 10.5 Å². The molecule has 0 fully saturated rings. The molecule has 2 aromatic rings. The highest BCUT2D eigenvalue weighted by molar-refractivity contribution is 5.42. The van der Waals surface area contributed by atoms with Crippen molar-refractivity contribution in [3.63, 3.8) is 0 Å². The minimum Gasteiger partial charge on any atom is -0.492 e. The highest BCUT2D eigenvalue weighted by atomic mass is 16.5. The van der Waals surface area contributed by atoms with Crippen LogP contribution in [0.25, 0.3) is 0 Å². The summed E-state index contributed by atoms with van der Waals surface area (Å²) in [7, 11) is 0. The van der Waals surface area contributed by atoms with E-state index in [0.717, 1.165) is 16.9 Å². The number of hydrogen-bond acceptors (Lipinski definition) is 3. The SMILES string of the molecule is CCOc1cncc(C(N)c2c(C)cccc2C)c1. The second-order valence-corrected chi connectivity index (χ2v) is 4.67. The summed E-state index contributed by atoms with van der Waals surface area (Å²) in [5.41, 5.74) is 10.9. The zero-order valence-electron chi connectivity index (χ0n) is 11.7. The van der Waals surface area contributed by atoms with E-state index in [9.17, 15) is 0 Å². The lowest BCUT2D eigenvalue weighted by Gasteiger charge is -2.18. The normalized spacial score (nSPS) is 12.2. The van der Waals surface area contributed by atoms with E-state index in [1.54, 1.807) is 12.4 Å². The molecule has 3 heteroatoms. The van der Waals surface area contributed by atoms with Crippen molar-refractivity contribution in [2.24, 2.45) is 5.73 Å². The number of rotatable bonds is 4. The average Bonchev–Trinajstić information content (AvgIpc) is 2.39. The third kappa shape index (κ3) is 2.93. The second-order valence-electron chi connectivity index (χ2n) is 4.67. The average molecular weight is 256 g/mol. The summed E-state index contributed by atoms with van der Waals surface area (Å²) in [6.07, 6.45) is 3.52. The van der Waals surface area contributed by atoms with Gasteiger partial charge in [0.05, 0.1) is 18.8 Å². The van der Waals surface area contributed by atoms with Crippen LogP contribution in [-0.2, 0) is 0 Å². The predicted octanol–water partition coefficient (Wildman–Crippen LogP) is 3.15. The molecule has 2 rings (SSSR count). The monoisotopic (exact) mass is 256 g/mol. The van der Waals surface area contributed by atoms with E-state index >= 15 is 0 Å². The van der Waals surface area contributed by atoms with E-state index in [2.05, 4.69) is 37.0 Å². The molecule has 1 atom stereocenters. The van der Waals surface area contributed by atoms with Crippen LogP contribution in [0.1, 0.15) is 35.2 Å². The van der Waals surface area contributed by atoms with Gasteiger partial charge in [0.15, 0.2) is 0 Å². The van der Waals surface area contributed by atoms with Crippen LogP contribution in [0.4, 0.5) is 0 Å². The molecule has 0 saturated heterocycles. The first-order valence-corrected chi connectivity index (χ1v) is 6.53. The highest BCUT2D eigenvalue weighted by Crippen LogP contribution is 2.27. The Labute approximate surface area is 114 Å². The van der Waals surface area contributed by atoms with Gasteiger partial charge in [-0.1, -0.05) is 18.2 Å². The van der Waals surface area contributed by atoms with Gasteiger partial charge in [0.1, 0.15) is 5.75 Å².